The summed E-state index contributed by atoms with van der Waals surface area (Å²) in [5, 5.41) is 9.20. The highest BCUT2D eigenvalue weighted by Crippen LogP contribution is 2.20. The molecule has 1 amide bonds. The average molecular weight is 361 g/mol. The van der Waals surface area contributed by atoms with Gasteiger partial charge in [-0.3, -0.25) is 9.59 Å². The molecule has 26 heavy (non-hydrogen) atoms. The van der Waals surface area contributed by atoms with Gasteiger partial charge in [0, 0.05) is 38.5 Å². The van der Waals surface area contributed by atoms with Gasteiger partial charge in [-0.25, -0.2) is 4.98 Å². The number of carbonyl (C=O) groups excluding carboxylic acids is 1. The van der Waals surface area contributed by atoms with Crippen molar-refractivity contribution in [2.75, 3.05) is 37.7 Å². The van der Waals surface area contributed by atoms with Crippen LogP contribution in [-0.4, -0.2) is 65.8 Å². The maximum absolute atomic E-state index is 12.9. The molecule has 1 aromatic rings. The third-order valence-electron chi connectivity index (χ3n) is 5.12. The Morgan fingerprint density at radius 1 is 1.15 bits per heavy atom. The molecule has 0 bridgehead atoms. The molecule has 1 aromatic heterocycles. The fourth-order valence-corrected chi connectivity index (χ4v) is 3.67. The van der Waals surface area contributed by atoms with Crippen molar-refractivity contribution in [3.8, 4) is 0 Å². The lowest BCUT2D eigenvalue weighted by molar-refractivity contribution is -0.138. The Bertz CT molecular complexity index is 606. The zero-order valence-electron chi connectivity index (χ0n) is 15.1. The Morgan fingerprint density at radius 2 is 1.85 bits per heavy atom. The van der Waals surface area contributed by atoms with Crippen molar-refractivity contribution in [2.24, 2.45) is 0 Å². The largest absolute Gasteiger partial charge is 0.480 e. The van der Waals surface area contributed by atoms with Crippen molar-refractivity contribution < 1.29 is 19.4 Å². The van der Waals surface area contributed by atoms with Crippen LogP contribution in [0, 0.1) is 0 Å². The van der Waals surface area contributed by atoms with E-state index in [1.165, 1.54) is 30.6 Å². The maximum atomic E-state index is 12.9. The van der Waals surface area contributed by atoms with Crippen LogP contribution in [0.15, 0.2) is 18.3 Å². The van der Waals surface area contributed by atoms with E-state index in [1.54, 1.807) is 12.3 Å². The predicted molar refractivity (Wildman–Crippen MR) is 97.4 cm³/mol. The second kappa shape index (κ2) is 8.98. The maximum Gasteiger partial charge on any atom is 0.323 e. The van der Waals surface area contributed by atoms with E-state index in [0.29, 0.717) is 31.6 Å². The first-order valence-corrected chi connectivity index (χ1v) is 9.46. The van der Waals surface area contributed by atoms with Crippen LogP contribution < -0.4 is 4.90 Å². The third-order valence-corrected chi connectivity index (χ3v) is 5.12. The number of anilines is 1. The number of hydrogen-bond donors (Lipinski definition) is 1. The van der Waals surface area contributed by atoms with Crippen LogP contribution in [0.25, 0.3) is 0 Å². The van der Waals surface area contributed by atoms with E-state index >= 15 is 0 Å². The lowest BCUT2D eigenvalue weighted by Gasteiger charge is -2.33. The molecular formula is C19H27N3O4. The van der Waals surface area contributed by atoms with Gasteiger partial charge in [-0.1, -0.05) is 12.8 Å². The van der Waals surface area contributed by atoms with Gasteiger partial charge in [0.05, 0.1) is 5.56 Å². The van der Waals surface area contributed by atoms with Gasteiger partial charge in [0.2, 0.25) is 0 Å². The van der Waals surface area contributed by atoms with Gasteiger partial charge in [0.15, 0.2) is 0 Å². The Hall–Kier alpha value is -2.15. The van der Waals surface area contributed by atoms with Crippen molar-refractivity contribution in [1.82, 2.24) is 9.88 Å². The van der Waals surface area contributed by atoms with E-state index in [-0.39, 0.29) is 18.5 Å². The first-order chi connectivity index (χ1) is 12.6. The summed E-state index contributed by atoms with van der Waals surface area (Å²) in [6.07, 6.45) is 7.75. The van der Waals surface area contributed by atoms with E-state index in [2.05, 4.69) is 9.88 Å². The first-order valence-electron chi connectivity index (χ1n) is 9.46. The van der Waals surface area contributed by atoms with Crippen molar-refractivity contribution in [2.45, 2.75) is 44.6 Å². The van der Waals surface area contributed by atoms with E-state index in [9.17, 15) is 14.7 Å². The van der Waals surface area contributed by atoms with Crippen molar-refractivity contribution >= 4 is 17.7 Å². The Kier molecular flexibility index (Phi) is 6.44. The number of nitrogens with zero attached hydrogens (tertiary/aromatic N) is 3. The van der Waals surface area contributed by atoms with Crippen molar-refractivity contribution in [3.63, 3.8) is 0 Å². The van der Waals surface area contributed by atoms with Gasteiger partial charge in [-0.2, -0.15) is 0 Å². The summed E-state index contributed by atoms with van der Waals surface area (Å²) in [7, 11) is 0. The number of ether oxygens (including phenoxy) is 1. The number of aromatic nitrogens is 1. The number of rotatable bonds is 5. The monoisotopic (exact) mass is 361 g/mol. The highest BCUT2D eigenvalue weighted by atomic mass is 16.5. The van der Waals surface area contributed by atoms with E-state index in [1.807, 2.05) is 6.07 Å². The first kappa shape index (κ1) is 18.6. The summed E-state index contributed by atoms with van der Waals surface area (Å²) in [6.45, 7) is 2.80. The molecule has 0 atom stereocenters. The minimum atomic E-state index is -1.00. The quantitative estimate of drug-likeness (QED) is 0.865. The molecule has 7 nitrogen and oxygen atoms in total. The van der Waals surface area contributed by atoms with Gasteiger partial charge in [0.1, 0.15) is 12.4 Å². The SMILES string of the molecule is O=C(O)CN(C(=O)c1ccc(N2CCCCCC2)nc1)C1CCOCC1. The summed E-state index contributed by atoms with van der Waals surface area (Å²) >= 11 is 0. The van der Waals surface area contributed by atoms with Crippen LogP contribution in [0.4, 0.5) is 5.82 Å². The Morgan fingerprint density at radius 3 is 2.42 bits per heavy atom. The molecule has 0 spiro atoms. The smallest absolute Gasteiger partial charge is 0.323 e. The molecule has 3 heterocycles. The van der Waals surface area contributed by atoms with Crippen LogP contribution in [0.2, 0.25) is 0 Å². The second-order valence-corrected chi connectivity index (χ2v) is 6.98. The Balaban J connectivity index is 1.72. The number of hydrogen-bond acceptors (Lipinski definition) is 5. The molecular weight excluding hydrogens is 334 g/mol. The highest BCUT2D eigenvalue weighted by Gasteiger charge is 2.28. The van der Waals surface area contributed by atoms with Gasteiger partial charge in [-0.05, 0) is 37.8 Å². The van der Waals surface area contributed by atoms with Gasteiger partial charge in [-0.15, -0.1) is 0 Å². The molecule has 7 heteroatoms. The summed E-state index contributed by atoms with van der Waals surface area (Å²) in [4.78, 5) is 32.3. The van der Waals surface area contributed by atoms with Crippen LogP contribution in [-0.2, 0) is 9.53 Å². The molecule has 2 aliphatic rings. The standard InChI is InChI=1S/C19H27N3O4/c23-18(24)14-22(16-7-11-26-12-8-16)19(25)15-5-6-17(20-13-15)21-9-3-1-2-4-10-21/h5-6,13,16H,1-4,7-12,14H2,(H,23,24). The molecule has 0 unspecified atom stereocenters. The van der Waals surface area contributed by atoms with Gasteiger partial charge in [0.25, 0.3) is 5.91 Å². The molecule has 3 rings (SSSR count). The average Bonchev–Trinajstić information content (AvgIpc) is 2.96. The fraction of sp³-hybridized carbons (Fsp3) is 0.632. The summed E-state index contributed by atoms with van der Waals surface area (Å²) in [5.74, 6) is -0.382. The molecule has 0 radical (unpaired) electrons. The lowest BCUT2D eigenvalue weighted by atomic mass is 10.1. The lowest BCUT2D eigenvalue weighted by Crippen LogP contribution is -2.46. The van der Waals surface area contributed by atoms with Crippen LogP contribution >= 0.6 is 0 Å². The number of pyridine rings is 1. The fourth-order valence-electron chi connectivity index (χ4n) is 3.67. The van der Waals surface area contributed by atoms with E-state index < -0.39 is 5.97 Å². The predicted octanol–water partition coefficient (Wildman–Crippen LogP) is 2.17. The number of carboxylic acids is 1. The van der Waals surface area contributed by atoms with Crippen molar-refractivity contribution in [3.05, 3.63) is 23.9 Å². The third kappa shape index (κ3) is 4.72. The molecule has 2 saturated heterocycles. The second-order valence-electron chi connectivity index (χ2n) is 6.98. The van der Waals surface area contributed by atoms with Crippen LogP contribution in [0.3, 0.4) is 0 Å². The molecule has 1 N–H and O–H groups in total. The van der Waals surface area contributed by atoms with Gasteiger partial charge >= 0.3 is 5.97 Å². The highest BCUT2D eigenvalue weighted by molar-refractivity contribution is 5.96. The topological polar surface area (TPSA) is 83.0 Å². The summed E-state index contributed by atoms with van der Waals surface area (Å²) in [6, 6.07) is 3.54. The number of aliphatic carboxylic acids is 1. The molecule has 0 saturated carbocycles. The molecule has 142 valence electrons. The van der Waals surface area contributed by atoms with E-state index in [4.69, 9.17) is 4.74 Å². The van der Waals surface area contributed by atoms with E-state index in [0.717, 1.165) is 18.9 Å². The zero-order valence-corrected chi connectivity index (χ0v) is 15.1. The van der Waals surface area contributed by atoms with Crippen LogP contribution in [0.1, 0.15) is 48.9 Å². The number of amides is 1. The zero-order chi connectivity index (χ0) is 18.4. The van der Waals surface area contributed by atoms with Crippen LogP contribution in [0.5, 0.6) is 0 Å². The molecule has 2 aliphatic heterocycles. The number of carboxylic acid groups (broad SMARTS) is 1. The molecule has 2 fully saturated rings. The molecule has 0 aromatic carbocycles. The normalized spacial score (nSPS) is 19.0. The Labute approximate surface area is 153 Å². The van der Waals surface area contributed by atoms with Crippen molar-refractivity contribution in [1.29, 1.82) is 0 Å². The minimum absolute atomic E-state index is 0.0994. The molecule has 0 aliphatic carbocycles. The number of carbonyl (C=O) groups is 2. The minimum Gasteiger partial charge on any atom is -0.480 e. The summed E-state index contributed by atoms with van der Waals surface area (Å²) in [5.41, 5.74) is 0.441. The van der Waals surface area contributed by atoms with Gasteiger partial charge < -0.3 is 19.6 Å². The summed E-state index contributed by atoms with van der Waals surface area (Å²) < 4.78 is 5.33.